The van der Waals surface area contributed by atoms with E-state index in [1.54, 1.807) is 0 Å². The molecule has 2 N–H and O–H groups in total. The molecule has 1 fully saturated rings. The van der Waals surface area contributed by atoms with E-state index in [1.807, 2.05) is 0 Å². The minimum atomic E-state index is -4.65. The van der Waals surface area contributed by atoms with Crippen molar-refractivity contribution in [1.29, 1.82) is 0 Å². The number of alkyl halides is 3. The molecule has 1 saturated carbocycles. The topological polar surface area (TPSA) is 46.3 Å². The van der Waals surface area contributed by atoms with Gasteiger partial charge in [0.2, 0.25) is 5.91 Å². The van der Waals surface area contributed by atoms with Gasteiger partial charge in [-0.2, -0.15) is 13.2 Å². The van der Waals surface area contributed by atoms with E-state index < -0.39 is 18.1 Å². The third kappa shape index (κ3) is 3.09. The Bertz CT molecular complexity index is 238. The Morgan fingerprint density at radius 3 is 2.40 bits per heavy atom. The first-order valence-corrected chi connectivity index (χ1v) is 4.89. The highest BCUT2D eigenvalue weighted by atomic mass is 19.4. The molecule has 15 heavy (non-hydrogen) atoms. The lowest BCUT2D eigenvalue weighted by molar-refractivity contribution is -0.169. The average molecular weight is 224 g/mol. The summed E-state index contributed by atoms with van der Waals surface area (Å²) in [6.07, 6.45) is -1.58. The quantitative estimate of drug-likeness (QED) is 0.781. The normalized spacial score (nSPS) is 19.5. The first-order valence-electron chi connectivity index (χ1n) is 4.89. The maximum atomic E-state index is 12.1. The molecule has 0 radical (unpaired) electrons. The predicted octanol–water partition coefficient (Wildman–Crippen LogP) is 1.13. The van der Waals surface area contributed by atoms with E-state index in [9.17, 15) is 18.0 Å². The zero-order chi connectivity index (χ0) is 11.6. The van der Waals surface area contributed by atoms with E-state index in [-0.39, 0.29) is 0 Å². The number of likely N-dealkylation sites (N-methyl/N-ethyl adjacent to an activating group) is 1. The van der Waals surface area contributed by atoms with Crippen molar-refractivity contribution in [1.82, 2.24) is 4.90 Å². The lowest BCUT2D eigenvalue weighted by Gasteiger charge is -2.31. The molecule has 0 aliphatic heterocycles. The van der Waals surface area contributed by atoms with Gasteiger partial charge < -0.3 is 10.6 Å². The lowest BCUT2D eigenvalue weighted by Crippen LogP contribution is -2.51. The van der Waals surface area contributed by atoms with Gasteiger partial charge in [-0.1, -0.05) is 6.42 Å². The van der Waals surface area contributed by atoms with Crippen LogP contribution in [0.5, 0.6) is 0 Å². The Morgan fingerprint density at radius 2 is 2.07 bits per heavy atom. The SMILES string of the molecule is CN(CC1CCC1)C(=O)C(N)C(F)(F)F. The largest absolute Gasteiger partial charge is 0.412 e. The molecular weight excluding hydrogens is 209 g/mol. The van der Waals surface area contributed by atoms with E-state index in [4.69, 9.17) is 5.73 Å². The van der Waals surface area contributed by atoms with E-state index in [2.05, 4.69) is 0 Å². The van der Waals surface area contributed by atoms with Crippen molar-refractivity contribution >= 4 is 5.91 Å². The van der Waals surface area contributed by atoms with Crippen molar-refractivity contribution in [2.24, 2.45) is 11.7 Å². The van der Waals surface area contributed by atoms with Gasteiger partial charge in [-0.25, -0.2) is 0 Å². The second-order valence-corrected chi connectivity index (χ2v) is 4.03. The number of amides is 1. The number of rotatable bonds is 3. The molecule has 0 aromatic carbocycles. The van der Waals surface area contributed by atoms with E-state index in [1.165, 1.54) is 7.05 Å². The van der Waals surface area contributed by atoms with Gasteiger partial charge in [0.05, 0.1) is 0 Å². The van der Waals surface area contributed by atoms with Crippen LogP contribution >= 0.6 is 0 Å². The summed E-state index contributed by atoms with van der Waals surface area (Å²) in [5, 5.41) is 0. The van der Waals surface area contributed by atoms with Gasteiger partial charge in [-0.15, -0.1) is 0 Å². The van der Waals surface area contributed by atoms with E-state index >= 15 is 0 Å². The summed E-state index contributed by atoms with van der Waals surface area (Å²) in [6, 6.07) is -2.39. The maximum absolute atomic E-state index is 12.1. The average Bonchev–Trinajstić information content (AvgIpc) is 2.06. The van der Waals surface area contributed by atoms with Gasteiger partial charge >= 0.3 is 6.18 Å². The fourth-order valence-corrected chi connectivity index (χ4v) is 1.53. The monoisotopic (exact) mass is 224 g/mol. The Kier molecular flexibility index (Phi) is 3.59. The van der Waals surface area contributed by atoms with Crippen LogP contribution in [0.15, 0.2) is 0 Å². The van der Waals surface area contributed by atoms with Crippen LogP contribution in [0.4, 0.5) is 13.2 Å². The first kappa shape index (κ1) is 12.3. The van der Waals surface area contributed by atoms with Crippen LogP contribution in [0.3, 0.4) is 0 Å². The molecule has 0 heterocycles. The third-order valence-electron chi connectivity index (χ3n) is 2.75. The smallest absolute Gasteiger partial charge is 0.344 e. The minimum Gasteiger partial charge on any atom is -0.344 e. The summed E-state index contributed by atoms with van der Waals surface area (Å²) in [5.41, 5.74) is 4.81. The third-order valence-corrected chi connectivity index (χ3v) is 2.75. The molecule has 0 saturated heterocycles. The molecule has 1 aliphatic carbocycles. The van der Waals surface area contributed by atoms with Gasteiger partial charge in [0, 0.05) is 13.6 Å². The highest BCUT2D eigenvalue weighted by Crippen LogP contribution is 2.27. The fraction of sp³-hybridized carbons (Fsp3) is 0.889. The van der Waals surface area contributed by atoms with Crippen molar-refractivity contribution in [3.8, 4) is 0 Å². The predicted molar refractivity (Wildman–Crippen MR) is 49.0 cm³/mol. The molecule has 1 rings (SSSR count). The summed E-state index contributed by atoms with van der Waals surface area (Å²) in [6.45, 7) is 0.378. The summed E-state index contributed by atoms with van der Waals surface area (Å²) >= 11 is 0. The second kappa shape index (κ2) is 4.38. The summed E-state index contributed by atoms with van der Waals surface area (Å²) in [5.74, 6) is -0.700. The lowest BCUT2D eigenvalue weighted by atomic mass is 9.85. The van der Waals surface area contributed by atoms with Crippen LogP contribution in [-0.2, 0) is 4.79 Å². The van der Waals surface area contributed by atoms with Crippen LogP contribution in [0, 0.1) is 5.92 Å². The van der Waals surface area contributed by atoms with E-state index in [0.717, 1.165) is 24.2 Å². The number of hydrogen-bond acceptors (Lipinski definition) is 2. The maximum Gasteiger partial charge on any atom is 0.412 e. The summed E-state index contributed by atoms with van der Waals surface area (Å²) in [4.78, 5) is 12.3. The number of carbonyl (C=O) groups excluding carboxylic acids is 1. The highest BCUT2D eigenvalue weighted by Gasteiger charge is 2.43. The fourth-order valence-electron chi connectivity index (χ4n) is 1.53. The van der Waals surface area contributed by atoms with Gasteiger partial charge in [-0.3, -0.25) is 4.79 Å². The minimum absolute atomic E-state index is 0.347. The summed E-state index contributed by atoms with van der Waals surface area (Å²) < 4.78 is 36.4. The van der Waals surface area contributed by atoms with Crippen molar-refractivity contribution in [3.63, 3.8) is 0 Å². The molecule has 0 spiro atoms. The molecule has 1 atom stereocenters. The zero-order valence-corrected chi connectivity index (χ0v) is 8.55. The van der Waals surface area contributed by atoms with Gasteiger partial charge in [0.15, 0.2) is 6.04 Å². The molecule has 0 bridgehead atoms. The number of carbonyl (C=O) groups is 1. The Labute approximate surface area is 86.4 Å². The molecule has 1 amide bonds. The summed E-state index contributed by atoms with van der Waals surface area (Å²) in [7, 11) is 1.37. The van der Waals surface area contributed by atoms with Crippen LogP contribution in [-0.4, -0.2) is 36.6 Å². The number of halogens is 3. The number of nitrogens with zero attached hydrogens (tertiary/aromatic N) is 1. The Hall–Kier alpha value is -0.780. The number of hydrogen-bond donors (Lipinski definition) is 1. The zero-order valence-electron chi connectivity index (χ0n) is 8.55. The molecule has 1 aliphatic rings. The van der Waals surface area contributed by atoms with E-state index in [0.29, 0.717) is 12.5 Å². The molecule has 0 aromatic rings. The van der Waals surface area contributed by atoms with Gasteiger partial charge in [0.1, 0.15) is 0 Å². The van der Waals surface area contributed by atoms with Crippen LogP contribution in [0.2, 0.25) is 0 Å². The molecule has 6 heteroatoms. The van der Waals surface area contributed by atoms with Crippen molar-refractivity contribution in [3.05, 3.63) is 0 Å². The highest BCUT2D eigenvalue weighted by molar-refractivity contribution is 5.82. The van der Waals surface area contributed by atoms with Crippen LogP contribution in [0.1, 0.15) is 19.3 Å². The second-order valence-electron chi connectivity index (χ2n) is 4.03. The van der Waals surface area contributed by atoms with Gasteiger partial charge in [-0.05, 0) is 18.8 Å². The molecule has 1 unspecified atom stereocenters. The van der Waals surface area contributed by atoms with Gasteiger partial charge in [0.25, 0.3) is 0 Å². The molecule has 88 valence electrons. The van der Waals surface area contributed by atoms with Crippen LogP contribution < -0.4 is 5.73 Å². The van der Waals surface area contributed by atoms with Crippen LogP contribution in [0.25, 0.3) is 0 Å². The molecular formula is C9H15F3N2O. The van der Waals surface area contributed by atoms with Crippen molar-refractivity contribution < 1.29 is 18.0 Å². The standard InChI is InChI=1S/C9H15F3N2O/c1-14(5-6-3-2-4-6)8(15)7(13)9(10,11)12/h6-7H,2-5,13H2,1H3. The molecule has 0 aromatic heterocycles. The molecule has 3 nitrogen and oxygen atoms in total. The first-order chi connectivity index (χ1) is 6.82. The van der Waals surface area contributed by atoms with Crippen molar-refractivity contribution in [2.45, 2.75) is 31.5 Å². The Balaban J connectivity index is 2.44. The number of nitrogens with two attached hydrogens (primary N) is 1. The van der Waals surface area contributed by atoms with Crippen molar-refractivity contribution in [2.75, 3.05) is 13.6 Å². The Morgan fingerprint density at radius 1 is 1.53 bits per heavy atom.